The number of nitrogens with two attached hydrogens (primary N) is 1. The van der Waals surface area contributed by atoms with E-state index in [1.54, 1.807) is 0 Å². The Hall–Kier alpha value is 0.137. The molecule has 0 spiro atoms. The van der Waals surface area contributed by atoms with E-state index < -0.39 is 8.07 Å². The van der Waals surface area contributed by atoms with Crippen molar-refractivity contribution in [2.45, 2.75) is 34.5 Å². The van der Waals surface area contributed by atoms with Crippen molar-refractivity contribution in [1.82, 2.24) is 5.32 Å². The van der Waals surface area contributed by atoms with Crippen LogP contribution in [0.3, 0.4) is 0 Å². The van der Waals surface area contributed by atoms with E-state index in [9.17, 15) is 0 Å². The summed E-state index contributed by atoms with van der Waals surface area (Å²) in [5.74, 6) is 0. The molecule has 0 heterocycles. The average Bonchev–Trinajstić information content (AvgIpc) is 1.63. The average molecular weight is 178 g/mol. The molecule has 0 saturated heterocycles. The molecule has 0 unspecified atom stereocenters. The van der Waals surface area contributed by atoms with Crippen LogP contribution in [-0.2, 0) is 0 Å². The van der Waals surface area contributed by atoms with Crippen molar-refractivity contribution in [1.29, 1.82) is 0 Å². The van der Waals surface area contributed by atoms with Crippen LogP contribution in [0.25, 0.3) is 0 Å². The molecule has 0 aromatic carbocycles. The summed E-state index contributed by atoms with van der Waals surface area (Å²) < 4.78 is 0. The van der Waals surface area contributed by atoms with Gasteiger partial charge in [-0.2, -0.15) is 0 Å². The lowest BCUT2D eigenvalue weighted by molar-refractivity contribution is 0.768. The summed E-state index contributed by atoms with van der Waals surface area (Å²) in [6.45, 7) is 8.75. The predicted octanol–water partition coefficient (Wildman–Crippen LogP) is 1.68. The molecule has 0 aliphatic rings. The van der Waals surface area contributed by atoms with Gasteiger partial charge in [-0.3, -0.25) is 0 Å². The predicted molar refractivity (Wildman–Crippen MR) is 58.7 cm³/mol. The Kier molecular flexibility index (Phi) is 12.9. The number of nitrogens with one attached hydrogen (secondary N) is 1. The van der Waals surface area contributed by atoms with Crippen molar-refractivity contribution in [2.24, 2.45) is 5.73 Å². The quantitative estimate of drug-likeness (QED) is 0.508. The molecule has 0 bridgehead atoms. The fourth-order valence-electron chi connectivity index (χ4n) is 0.565. The van der Waals surface area contributed by atoms with Gasteiger partial charge in [-0.15, -0.1) is 0 Å². The molecular weight excluding hydrogens is 152 g/mol. The molecule has 0 aliphatic heterocycles. The fraction of sp³-hybridized carbons (Fsp3) is 1.00. The van der Waals surface area contributed by atoms with Crippen LogP contribution in [0.1, 0.15) is 14.9 Å². The summed E-state index contributed by atoms with van der Waals surface area (Å²) in [7, 11) is -0.861. The number of rotatable bonds is 4. The second-order valence-corrected chi connectivity index (χ2v) is 9.00. The van der Waals surface area contributed by atoms with Crippen molar-refractivity contribution < 1.29 is 0 Å². The Morgan fingerprint density at radius 2 is 1.64 bits per heavy atom. The van der Waals surface area contributed by atoms with Crippen LogP contribution in [0.15, 0.2) is 0 Å². The summed E-state index contributed by atoms with van der Waals surface area (Å²) in [4.78, 5) is 0. The maximum absolute atomic E-state index is 5.31. The first-order valence-electron chi connectivity index (χ1n) is 3.47. The normalized spacial score (nSPS) is 9.82. The molecule has 0 fully saturated rings. The first kappa shape index (κ1) is 17.3. The minimum Gasteiger partial charge on any atom is -0.329 e. The summed E-state index contributed by atoms with van der Waals surface area (Å²) in [5, 5.41) is 3.31. The Morgan fingerprint density at radius 1 is 1.18 bits per heavy atom. The van der Waals surface area contributed by atoms with Gasteiger partial charge in [0, 0.05) is 13.1 Å². The first-order valence-corrected chi connectivity index (χ1v) is 7.18. The third-order valence-corrected chi connectivity index (χ3v) is 2.29. The van der Waals surface area contributed by atoms with E-state index in [1.807, 2.05) is 0 Å². The second kappa shape index (κ2) is 8.24. The van der Waals surface area contributed by atoms with Gasteiger partial charge in [0.25, 0.3) is 0 Å². The van der Waals surface area contributed by atoms with Crippen molar-refractivity contribution in [3.8, 4) is 0 Å². The monoisotopic (exact) mass is 178 g/mol. The lowest BCUT2D eigenvalue weighted by atomic mass is 10.7. The van der Waals surface area contributed by atoms with Gasteiger partial charge in [-0.25, -0.2) is 0 Å². The van der Waals surface area contributed by atoms with Gasteiger partial charge in [0.2, 0.25) is 0 Å². The smallest absolute Gasteiger partial charge is 0.0595 e. The number of hydrogen-bond acceptors (Lipinski definition) is 2. The molecule has 0 radical (unpaired) electrons. The van der Waals surface area contributed by atoms with E-state index in [0.717, 1.165) is 13.1 Å². The molecule has 0 rings (SSSR count). The summed E-state index contributed by atoms with van der Waals surface area (Å²) in [5.41, 5.74) is 5.31. The third-order valence-electron chi connectivity index (χ3n) is 0.976. The van der Waals surface area contributed by atoms with Gasteiger partial charge < -0.3 is 11.1 Å². The zero-order valence-corrected chi connectivity index (χ0v) is 7.70. The summed E-state index contributed by atoms with van der Waals surface area (Å²) >= 11 is 0. The molecule has 11 heavy (non-hydrogen) atoms. The molecule has 72 valence electrons. The van der Waals surface area contributed by atoms with Crippen LogP contribution in [0.4, 0.5) is 0 Å². The second-order valence-electron chi connectivity index (χ2n) is 3.53. The van der Waals surface area contributed by atoms with Crippen LogP contribution in [-0.4, -0.2) is 27.3 Å². The third kappa shape index (κ3) is 17.8. The summed E-state index contributed by atoms with van der Waals surface area (Å²) in [6, 6.07) is 0. The minimum atomic E-state index is -0.861. The van der Waals surface area contributed by atoms with Gasteiger partial charge in [-0.05, 0) is 6.17 Å². The zero-order valence-electron chi connectivity index (χ0n) is 6.70. The van der Waals surface area contributed by atoms with Crippen LogP contribution >= 0.6 is 0 Å². The van der Waals surface area contributed by atoms with Gasteiger partial charge in [0.1, 0.15) is 0 Å². The fourth-order valence-corrected chi connectivity index (χ4v) is 1.49. The minimum absolute atomic E-state index is 0. The van der Waals surface area contributed by atoms with E-state index >= 15 is 0 Å². The molecule has 0 aromatic heterocycles. The van der Waals surface area contributed by atoms with E-state index in [1.165, 1.54) is 6.17 Å². The number of hydrogen-bond donors (Lipinski definition) is 2. The molecule has 3 N–H and O–H groups in total. The lowest BCUT2D eigenvalue weighted by Gasteiger charge is -2.15. The van der Waals surface area contributed by atoms with E-state index in [0.29, 0.717) is 0 Å². The highest BCUT2D eigenvalue weighted by Crippen LogP contribution is 1.95. The van der Waals surface area contributed by atoms with Crippen molar-refractivity contribution in [3.63, 3.8) is 0 Å². The van der Waals surface area contributed by atoms with E-state index in [2.05, 4.69) is 25.0 Å². The van der Waals surface area contributed by atoms with Crippen LogP contribution in [0.2, 0.25) is 19.6 Å². The summed E-state index contributed by atoms with van der Waals surface area (Å²) in [6.07, 6.45) is 1.18. The highest BCUT2D eigenvalue weighted by Gasteiger charge is 2.10. The highest BCUT2D eigenvalue weighted by molar-refractivity contribution is 6.76. The lowest BCUT2D eigenvalue weighted by Crippen LogP contribution is -2.38. The largest absolute Gasteiger partial charge is 0.329 e. The Labute approximate surface area is 73.6 Å². The van der Waals surface area contributed by atoms with Gasteiger partial charge >= 0.3 is 0 Å². The van der Waals surface area contributed by atoms with Crippen molar-refractivity contribution >= 4 is 8.07 Å². The molecule has 0 atom stereocenters. The van der Waals surface area contributed by atoms with E-state index in [4.69, 9.17) is 5.73 Å². The highest BCUT2D eigenvalue weighted by atomic mass is 28.3. The molecule has 0 aliphatic carbocycles. The van der Waals surface area contributed by atoms with Gasteiger partial charge in [0.15, 0.2) is 0 Å². The van der Waals surface area contributed by atoms with Crippen LogP contribution in [0, 0.1) is 0 Å². The molecule has 0 amide bonds. The maximum atomic E-state index is 5.31. The Bertz CT molecular complexity index is 69.0. The first-order chi connectivity index (χ1) is 4.06. The molecule has 0 aromatic rings. The standard InChI is InChI=1S/C6H18N2Si.2CH4/c1-9(2,3)6-8-5-4-7;;/h8H,4-7H2,1-3H3;2*1H4. The van der Waals surface area contributed by atoms with Crippen LogP contribution < -0.4 is 11.1 Å². The van der Waals surface area contributed by atoms with Gasteiger partial charge in [-0.1, -0.05) is 34.5 Å². The molecule has 2 nitrogen and oxygen atoms in total. The Balaban J connectivity index is -0.000000320. The Morgan fingerprint density at radius 3 is 1.91 bits per heavy atom. The van der Waals surface area contributed by atoms with Gasteiger partial charge in [0.05, 0.1) is 8.07 Å². The molecule has 0 saturated carbocycles. The SMILES string of the molecule is C.C.C[Si](C)(C)CNCCN. The van der Waals surface area contributed by atoms with E-state index in [-0.39, 0.29) is 14.9 Å². The zero-order chi connectivity index (χ0) is 7.33. The molecular formula is C8H26N2Si. The van der Waals surface area contributed by atoms with Crippen molar-refractivity contribution in [2.75, 3.05) is 19.3 Å². The van der Waals surface area contributed by atoms with Crippen molar-refractivity contribution in [3.05, 3.63) is 0 Å². The van der Waals surface area contributed by atoms with Crippen LogP contribution in [0.5, 0.6) is 0 Å². The topological polar surface area (TPSA) is 38.0 Å². The molecule has 3 heteroatoms. The maximum Gasteiger partial charge on any atom is 0.0595 e.